The Labute approximate surface area is 127 Å². The van der Waals surface area contributed by atoms with Crippen molar-refractivity contribution in [2.45, 2.75) is 13.5 Å². The highest BCUT2D eigenvalue weighted by Crippen LogP contribution is 2.21. The number of nitrogens with zero attached hydrogens (tertiary/aromatic N) is 1. The second-order valence-electron chi connectivity index (χ2n) is 4.86. The molecular weight excluding hydrogens is 290 g/mol. The van der Waals surface area contributed by atoms with Crippen molar-refractivity contribution in [1.82, 2.24) is 4.90 Å². The standard InChI is InChI=1S/C14H17N3O3S/c1-9(6-15)13(19)16-11-4-2-10(3-5-11)7-17-12(18)8-21-14(17)20/h2-5,9H,6-8,15H2,1H3,(H,16,19). The first-order valence-corrected chi connectivity index (χ1v) is 7.57. The van der Waals surface area contributed by atoms with Crippen LogP contribution in [0, 0.1) is 5.92 Å². The third-order valence-corrected chi connectivity index (χ3v) is 4.06. The molecule has 1 unspecified atom stereocenters. The summed E-state index contributed by atoms with van der Waals surface area (Å²) in [6, 6.07) is 7.06. The normalized spacial score (nSPS) is 16.2. The van der Waals surface area contributed by atoms with Crippen LogP contribution in [0.3, 0.4) is 0 Å². The zero-order chi connectivity index (χ0) is 15.4. The van der Waals surface area contributed by atoms with E-state index in [0.29, 0.717) is 12.2 Å². The molecule has 1 aromatic carbocycles. The lowest BCUT2D eigenvalue weighted by Gasteiger charge is -2.14. The molecule has 2 rings (SSSR count). The highest BCUT2D eigenvalue weighted by molar-refractivity contribution is 8.14. The van der Waals surface area contributed by atoms with Gasteiger partial charge < -0.3 is 11.1 Å². The highest BCUT2D eigenvalue weighted by Gasteiger charge is 2.29. The lowest BCUT2D eigenvalue weighted by atomic mass is 10.1. The summed E-state index contributed by atoms with van der Waals surface area (Å²) in [7, 11) is 0. The Bertz CT molecular complexity index is 543. The van der Waals surface area contributed by atoms with Gasteiger partial charge in [0.2, 0.25) is 11.8 Å². The molecule has 1 fully saturated rings. The summed E-state index contributed by atoms with van der Waals surface area (Å²) in [5, 5.41) is 2.55. The van der Waals surface area contributed by atoms with Crippen molar-refractivity contribution in [3.63, 3.8) is 0 Å². The fourth-order valence-electron chi connectivity index (χ4n) is 1.78. The Kier molecular flexibility index (Phi) is 4.98. The van der Waals surface area contributed by atoms with Crippen LogP contribution in [0.25, 0.3) is 0 Å². The average Bonchev–Trinajstić information content (AvgIpc) is 2.80. The number of anilines is 1. The van der Waals surface area contributed by atoms with E-state index in [4.69, 9.17) is 5.73 Å². The third-order valence-electron chi connectivity index (χ3n) is 3.20. The molecule has 3 N–H and O–H groups in total. The third kappa shape index (κ3) is 3.83. The van der Waals surface area contributed by atoms with Crippen molar-refractivity contribution in [3.8, 4) is 0 Å². The maximum absolute atomic E-state index is 11.7. The van der Waals surface area contributed by atoms with Crippen LogP contribution in [0.5, 0.6) is 0 Å². The number of imide groups is 1. The Morgan fingerprint density at radius 1 is 1.38 bits per heavy atom. The lowest BCUT2D eigenvalue weighted by molar-refractivity contribution is -0.125. The second-order valence-corrected chi connectivity index (χ2v) is 5.78. The predicted molar refractivity (Wildman–Crippen MR) is 81.7 cm³/mol. The minimum absolute atomic E-state index is 0.133. The van der Waals surface area contributed by atoms with Gasteiger partial charge in [0.25, 0.3) is 5.24 Å². The average molecular weight is 307 g/mol. The van der Waals surface area contributed by atoms with Gasteiger partial charge in [0.05, 0.1) is 12.3 Å². The minimum atomic E-state index is -0.249. The van der Waals surface area contributed by atoms with E-state index in [9.17, 15) is 14.4 Å². The van der Waals surface area contributed by atoms with Crippen LogP contribution in [-0.4, -0.2) is 34.3 Å². The van der Waals surface area contributed by atoms with Crippen molar-refractivity contribution in [1.29, 1.82) is 0 Å². The fourth-order valence-corrected chi connectivity index (χ4v) is 2.51. The predicted octanol–water partition coefficient (Wildman–Crippen LogP) is 1.42. The summed E-state index contributed by atoms with van der Waals surface area (Å²) >= 11 is 1.02. The minimum Gasteiger partial charge on any atom is -0.330 e. The van der Waals surface area contributed by atoms with Crippen molar-refractivity contribution in [2.75, 3.05) is 17.6 Å². The molecule has 112 valence electrons. The number of hydrogen-bond donors (Lipinski definition) is 2. The smallest absolute Gasteiger partial charge is 0.289 e. The quantitative estimate of drug-likeness (QED) is 0.858. The van der Waals surface area contributed by atoms with Crippen molar-refractivity contribution in [2.24, 2.45) is 11.7 Å². The number of hydrogen-bond acceptors (Lipinski definition) is 5. The van der Waals surface area contributed by atoms with Crippen molar-refractivity contribution < 1.29 is 14.4 Å². The first-order chi connectivity index (χ1) is 10.0. The highest BCUT2D eigenvalue weighted by atomic mass is 32.2. The van der Waals surface area contributed by atoms with E-state index in [-0.39, 0.29) is 35.3 Å². The molecule has 0 saturated carbocycles. The van der Waals surface area contributed by atoms with Crippen LogP contribution in [0.4, 0.5) is 10.5 Å². The summed E-state index contributed by atoms with van der Waals surface area (Å²) < 4.78 is 0. The fraction of sp³-hybridized carbons (Fsp3) is 0.357. The molecule has 1 aromatic rings. The second kappa shape index (κ2) is 6.73. The largest absolute Gasteiger partial charge is 0.330 e. The van der Waals surface area contributed by atoms with Crippen LogP contribution >= 0.6 is 11.8 Å². The molecule has 0 aliphatic carbocycles. The molecular formula is C14H17N3O3S. The number of nitrogens with one attached hydrogen (secondary N) is 1. The van der Waals surface area contributed by atoms with Crippen molar-refractivity contribution >= 4 is 34.5 Å². The topological polar surface area (TPSA) is 92.5 Å². The van der Waals surface area contributed by atoms with Gasteiger partial charge >= 0.3 is 0 Å². The van der Waals surface area contributed by atoms with Gasteiger partial charge in [-0.05, 0) is 17.7 Å². The van der Waals surface area contributed by atoms with E-state index in [0.717, 1.165) is 17.3 Å². The van der Waals surface area contributed by atoms with Gasteiger partial charge in [0.1, 0.15) is 0 Å². The first-order valence-electron chi connectivity index (χ1n) is 6.58. The zero-order valence-corrected chi connectivity index (χ0v) is 12.5. The Balaban J connectivity index is 1.97. The SMILES string of the molecule is CC(CN)C(=O)Nc1ccc(CN2C(=O)CSC2=O)cc1. The number of amides is 3. The van der Waals surface area contributed by atoms with E-state index in [1.807, 2.05) is 0 Å². The summed E-state index contributed by atoms with van der Waals surface area (Å²) in [4.78, 5) is 36.0. The molecule has 0 aromatic heterocycles. The molecule has 1 heterocycles. The molecule has 0 spiro atoms. The molecule has 1 saturated heterocycles. The summed E-state index contributed by atoms with van der Waals surface area (Å²) in [6.45, 7) is 2.31. The van der Waals surface area contributed by atoms with E-state index < -0.39 is 0 Å². The molecule has 0 bridgehead atoms. The zero-order valence-electron chi connectivity index (χ0n) is 11.7. The maximum atomic E-state index is 11.7. The molecule has 21 heavy (non-hydrogen) atoms. The Hall–Kier alpha value is -1.86. The van der Waals surface area contributed by atoms with Gasteiger partial charge in [-0.1, -0.05) is 30.8 Å². The van der Waals surface area contributed by atoms with E-state index >= 15 is 0 Å². The van der Waals surface area contributed by atoms with Crippen LogP contribution in [-0.2, 0) is 16.1 Å². The summed E-state index contributed by atoms with van der Waals surface area (Å²) in [6.07, 6.45) is 0. The van der Waals surface area contributed by atoms with E-state index in [1.54, 1.807) is 31.2 Å². The number of carbonyl (C=O) groups is 3. The number of nitrogens with two attached hydrogens (primary N) is 1. The Morgan fingerprint density at radius 3 is 2.57 bits per heavy atom. The molecule has 6 nitrogen and oxygen atoms in total. The molecule has 1 atom stereocenters. The Morgan fingerprint density at radius 2 is 2.05 bits per heavy atom. The van der Waals surface area contributed by atoms with Gasteiger partial charge in [0, 0.05) is 18.2 Å². The number of carbonyl (C=O) groups excluding carboxylic acids is 3. The molecule has 0 radical (unpaired) electrons. The molecule has 1 aliphatic heterocycles. The first kappa shape index (κ1) is 15.5. The maximum Gasteiger partial charge on any atom is 0.289 e. The van der Waals surface area contributed by atoms with E-state index in [2.05, 4.69) is 5.32 Å². The van der Waals surface area contributed by atoms with Gasteiger partial charge in [0.15, 0.2) is 0 Å². The van der Waals surface area contributed by atoms with Crippen LogP contribution < -0.4 is 11.1 Å². The number of thioether (sulfide) groups is 1. The number of rotatable bonds is 5. The summed E-state index contributed by atoms with van der Waals surface area (Å²) in [5.41, 5.74) is 6.94. The molecule has 7 heteroatoms. The van der Waals surface area contributed by atoms with E-state index in [1.165, 1.54) is 4.90 Å². The van der Waals surface area contributed by atoms with Crippen molar-refractivity contribution in [3.05, 3.63) is 29.8 Å². The number of benzene rings is 1. The molecule has 1 aliphatic rings. The van der Waals surface area contributed by atoms with Gasteiger partial charge in [-0.2, -0.15) is 0 Å². The summed E-state index contributed by atoms with van der Waals surface area (Å²) in [5.74, 6) is -0.337. The van der Waals surface area contributed by atoms with Crippen LogP contribution in [0.2, 0.25) is 0 Å². The molecule has 3 amide bonds. The van der Waals surface area contributed by atoms with Gasteiger partial charge in [-0.3, -0.25) is 19.3 Å². The van der Waals surface area contributed by atoms with Gasteiger partial charge in [-0.25, -0.2) is 0 Å². The van der Waals surface area contributed by atoms with Crippen LogP contribution in [0.1, 0.15) is 12.5 Å². The monoisotopic (exact) mass is 307 g/mol. The lowest BCUT2D eigenvalue weighted by Crippen LogP contribution is -2.28. The van der Waals surface area contributed by atoms with Gasteiger partial charge in [-0.15, -0.1) is 0 Å². The van der Waals surface area contributed by atoms with Crippen LogP contribution in [0.15, 0.2) is 24.3 Å².